The highest BCUT2D eigenvalue weighted by atomic mass is 79.9. The molecule has 0 saturated heterocycles. The lowest BCUT2D eigenvalue weighted by molar-refractivity contribution is -0.572. The maximum atomic E-state index is 8.65. The van der Waals surface area contributed by atoms with E-state index in [1.165, 1.54) is 4.57 Å². The van der Waals surface area contributed by atoms with Gasteiger partial charge in [-0.15, -0.1) is 4.57 Å². The van der Waals surface area contributed by atoms with Gasteiger partial charge in [0.1, 0.15) is 0 Å². The van der Waals surface area contributed by atoms with Gasteiger partial charge in [0.05, 0.1) is 20.3 Å². The third-order valence-electron chi connectivity index (χ3n) is 1.40. The van der Waals surface area contributed by atoms with Gasteiger partial charge in [-0.05, 0) is 6.07 Å². The summed E-state index contributed by atoms with van der Waals surface area (Å²) in [5, 5.41) is 8.65. The van der Waals surface area contributed by atoms with E-state index in [1.807, 2.05) is 37.2 Å². The molecule has 3 nitrogen and oxygen atoms in total. The van der Waals surface area contributed by atoms with E-state index >= 15 is 0 Å². The summed E-state index contributed by atoms with van der Waals surface area (Å²) >= 11 is 0. The SMILES string of the molecule is CN(C)c1cccc[n+]1C#N.[Br-]. The standard InChI is InChI=1S/C8H10N3.BrH/c1-10(2)8-5-3-4-6-11(8)7-9;/h3-6H,1-2H3;1H/q+1;/p-1. The van der Waals surface area contributed by atoms with Gasteiger partial charge in [0.25, 0.3) is 0 Å². The molecule has 1 heterocycles. The molecular weight excluding hydrogens is 218 g/mol. The van der Waals surface area contributed by atoms with E-state index < -0.39 is 0 Å². The fourth-order valence-corrected chi connectivity index (χ4v) is 0.883. The number of hydrogen-bond acceptors (Lipinski definition) is 2. The van der Waals surface area contributed by atoms with Crippen molar-refractivity contribution >= 4 is 5.82 Å². The van der Waals surface area contributed by atoms with Crippen LogP contribution in [0.25, 0.3) is 0 Å². The van der Waals surface area contributed by atoms with E-state index in [0.717, 1.165) is 5.82 Å². The first-order valence-electron chi connectivity index (χ1n) is 3.34. The maximum Gasteiger partial charge on any atom is 0.375 e. The van der Waals surface area contributed by atoms with E-state index in [9.17, 15) is 0 Å². The van der Waals surface area contributed by atoms with Gasteiger partial charge in [-0.1, -0.05) is 6.07 Å². The number of halogens is 1. The summed E-state index contributed by atoms with van der Waals surface area (Å²) in [7, 11) is 3.81. The highest BCUT2D eigenvalue weighted by Gasteiger charge is 2.05. The minimum atomic E-state index is 0. The van der Waals surface area contributed by atoms with E-state index in [1.54, 1.807) is 6.20 Å². The Morgan fingerprint density at radius 1 is 1.42 bits per heavy atom. The fourth-order valence-electron chi connectivity index (χ4n) is 0.883. The zero-order chi connectivity index (χ0) is 8.27. The van der Waals surface area contributed by atoms with E-state index in [2.05, 4.69) is 6.19 Å². The average molecular weight is 228 g/mol. The van der Waals surface area contributed by atoms with Crippen molar-refractivity contribution in [1.82, 2.24) is 0 Å². The third-order valence-corrected chi connectivity index (χ3v) is 1.40. The fraction of sp³-hybridized carbons (Fsp3) is 0.250. The number of anilines is 1. The Hall–Kier alpha value is -1.08. The van der Waals surface area contributed by atoms with Crippen molar-refractivity contribution in [2.75, 3.05) is 19.0 Å². The molecule has 0 spiro atoms. The highest BCUT2D eigenvalue weighted by molar-refractivity contribution is 5.29. The molecule has 0 radical (unpaired) electrons. The average Bonchev–Trinajstić information content (AvgIpc) is 2.04. The summed E-state index contributed by atoms with van der Waals surface area (Å²) < 4.78 is 1.51. The normalized spacial score (nSPS) is 8.08. The summed E-state index contributed by atoms with van der Waals surface area (Å²) in [6, 6.07) is 5.63. The number of nitriles is 1. The van der Waals surface area contributed by atoms with Crippen molar-refractivity contribution in [3.63, 3.8) is 0 Å². The van der Waals surface area contributed by atoms with Crippen molar-refractivity contribution < 1.29 is 21.5 Å². The predicted molar refractivity (Wildman–Crippen MR) is 42.0 cm³/mol. The van der Waals surface area contributed by atoms with Gasteiger partial charge in [0, 0.05) is 11.3 Å². The molecule has 64 valence electrons. The smallest absolute Gasteiger partial charge is 0.375 e. The number of nitrogens with zero attached hydrogens (tertiary/aromatic N) is 3. The number of rotatable bonds is 1. The molecule has 0 aliphatic rings. The zero-order valence-electron chi connectivity index (χ0n) is 7.03. The van der Waals surface area contributed by atoms with Crippen molar-refractivity contribution in [3.05, 3.63) is 24.4 Å². The van der Waals surface area contributed by atoms with Crippen LogP contribution >= 0.6 is 0 Å². The van der Waals surface area contributed by atoms with Crippen molar-refractivity contribution in [2.24, 2.45) is 0 Å². The summed E-state index contributed by atoms with van der Waals surface area (Å²) in [6.45, 7) is 0. The lowest BCUT2D eigenvalue weighted by Crippen LogP contribution is -3.00. The number of aromatic nitrogens is 1. The van der Waals surface area contributed by atoms with Crippen LogP contribution < -0.4 is 26.4 Å². The molecule has 1 aromatic heterocycles. The highest BCUT2D eigenvalue weighted by Crippen LogP contribution is 2.00. The topological polar surface area (TPSA) is 30.9 Å². The van der Waals surface area contributed by atoms with Crippen LogP contribution in [0.2, 0.25) is 0 Å². The number of hydrogen-bond donors (Lipinski definition) is 0. The lowest BCUT2D eigenvalue weighted by atomic mass is 10.4. The summed E-state index contributed by atoms with van der Waals surface area (Å²) in [5.74, 6) is 0.884. The first-order valence-corrected chi connectivity index (χ1v) is 3.34. The predicted octanol–water partition coefficient (Wildman–Crippen LogP) is -2.63. The second kappa shape index (κ2) is 4.73. The second-order valence-electron chi connectivity index (χ2n) is 2.42. The van der Waals surface area contributed by atoms with Crippen molar-refractivity contribution in [1.29, 1.82) is 5.26 Å². The largest absolute Gasteiger partial charge is 1.00 e. The maximum absolute atomic E-state index is 8.65. The van der Waals surface area contributed by atoms with Gasteiger partial charge in [-0.2, -0.15) is 0 Å². The molecule has 0 saturated carbocycles. The number of pyridine rings is 1. The first kappa shape index (κ1) is 10.9. The second-order valence-corrected chi connectivity index (χ2v) is 2.42. The van der Waals surface area contributed by atoms with Crippen molar-refractivity contribution in [3.8, 4) is 6.19 Å². The Labute approximate surface area is 82.6 Å². The molecule has 0 fully saturated rings. The van der Waals surface area contributed by atoms with Gasteiger partial charge < -0.3 is 17.0 Å². The third kappa shape index (κ3) is 2.21. The summed E-state index contributed by atoms with van der Waals surface area (Å²) in [6.07, 6.45) is 3.78. The molecule has 1 rings (SSSR count). The van der Waals surface area contributed by atoms with E-state index in [-0.39, 0.29) is 17.0 Å². The Kier molecular flexibility index (Phi) is 4.30. The molecule has 12 heavy (non-hydrogen) atoms. The minimum absolute atomic E-state index is 0. The quantitative estimate of drug-likeness (QED) is 0.492. The molecule has 0 N–H and O–H groups in total. The van der Waals surface area contributed by atoms with Crippen LogP contribution in [0.3, 0.4) is 0 Å². The Morgan fingerprint density at radius 3 is 2.50 bits per heavy atom. The van der Waals surface area contributed by atoms with Crippen LogP contribution in [0.1, 0.15) is 0 Å². The van der Waals surface area contributed by atoms with Crippen LogP contribution in [-0.4, -0.2) is 14.1 Å². The molecule has 0 bridgehead atoms. The van der Waals surface area contributed by atoms with Gasteiger partial charge in [-0.25, -0.2) is 0 Å². The van der Waals surface area contributed by atoms with Crippen LogP contribution in [0, 0.1) is 11.5 Å². The molecule has 0 amide bonds. The molecule has 1 aromatic rings. The molecule has 0 aromatic carbocycles. The summed E-state index contributed by atoms with van der Waals surface area (Å²) in [4.78, 5) is 1.89. The molecule has 0 aliphatic heterocycles. The molecule has 0 aliphatic carbocycles. The lowest BCUT2D eigenvalue weighted by Gasteiger charge is -2.06. The van der Waals surface area contributed by atoms with Gasteiger partial charge in [-0.3, -0.25) is 4.90 Å². The minimum Gasteiger partial charge on any atom is -1.00 e. The Balaban J connectivity index is 0.00000121. The van der Waals surface area contributed by atoms with Gasteiger partial charge in [0.15, 0.2) is 0 Å². The molecule has 0 unspecified atom stereocenters. The Bertz CT molecular complexity index is 291. The van der Waals surface area contributed by atoms with E-state index in [4.69, 9.17) is 5.26 Å². The summed E-state index contributed by atoms with van der Waals surface area (Å²) in [5.41, 5.74) is 0. The van der Waals surface area contributed by atoms with Crippen molar-refractivity contribution in [2.45, 2.75) is 0 Å². The zero-order valence-corrected chi connectivity index (χ0v) is 8.62. The van der Waals surface area contributed by atoms with E-state index in [0.29, 0.717) is 0 Å². The molecule has 4 heteroatoms. The van der Waals surface area contributed by atoms with Crippen LogP contribution in [-0.2, 0) is 0 Å². The Morgan fingerprint density at radius 2 is 2.08 bits per heavy atom. The van der Waals surface area contributed by atoms with Gasteiger partial charge >= 0.3 is 6.19 Å². The van der Waals surface area contributed by atoms with Gasteiger partial charge in [0.2, 0.25) is 5.82 Å². The molecular formula is C8H10BrN3. The van der Waals surface area contributed by atoms with Crippen LogP contribution in [0.15, 0.2) is 24.4 Å². The first-order chi connectivity index (χ1) is 5.25. The van der Waals surface area contributed by atoms with Crippen LogP contribution in [0.5, 0.6) is 0 Å². The molecule has 0 atom stereocenters. The van der Waals surface area contributed by atoms with Crippen LogP contribution in [0.4, 0.5) is 5.82 Å². The monoisotopic (exact) mass is 227 g/mol.